The van der Waals surface area contributed by atoms with Crippen molar-refractivity contribution in [3.63, 3.8) is 0 Å². The molecule has 1 aromatic rings. The van der Waals surface area contributed by atoms with Crippen molar-refractivity contribution in [2.24, 2.45) is 17.6 Å². The molecule has 4 nitrogen and oxygen atoms in total. The Kier molecular flexibility index (Phi) is 5.48. The highest BCUT2D eigenvalue weighted by Crippen LogP contribution is 2.28. The van der Waals surface area contributed by atoms with Crippen molar-refractivity contribution >= 4 is 0 Å². The second-order valence-electron chi connectivity index (χ2n) is 5.05. The maximum atomic E-state index is 5.91. The lowest BCUT2D eigenvalue weighted by Crippen LogP contribution is -2.37. The van der Waals surface area contributed by atoms with Gasteiger partial charge in [-0.1, -0.05) is 12.1 Å². The van der Waals surface area contributed by atoms with E-state index < -0.39 is 0 Å². The Balaban J connectivity index is 1.91. The average molecular weight is 264 g/mol. The van der Waals surface area contributed by atoms with Gasteiger partial charge >= 0.3 is 0 Å². The number of ether oxygens (including phenoxy) is 2. The minimum absolute atomic E-state index is 0.423. The molecule has 1 fully saturated rings. The van der Waals surface area contributed by atoms with Crippen molar-refractivity contribution in [1.29, 1.82) is 0 Å². The standard InChI is InChI=1S/C15H24N2O2/c1-18-14-4-2-3-5-15(14)19-11-13(10-16)12-6-8-17-9-7-12/h2-5,12-13,17H,6-11,16H2,1H3. The number of nitrogens with two attached hydrogens (primary N) is 1. The fourth-order valence-corrected chi connectivity index (χ4v) is 2.65. The van der Waals surface area contributed by atoms with Crippen LogP contribution in [0.4, 0.5) is 0 Å². The van der Waals surface area contributed by atoms with Crippen LogP contribution < -0.4 is 20.5 Å². The second-order valence-corrected chi connectivity index (χ2v) is 5.05. The SMILES string of the molecule is COc1ccccc1OCC(CN)C1CCNCC1. The van der Waals surface area contributed by atoms with Crippen LogP contribution in [0.5, 0.6) is 11.5 Å². The summed E-state index contributed by atoms with van der Waals surface area (Å²) in [6, 6.07) is 7.75. The van der Waals surface area contributed by atoms with Crippen LogP contribution in [0.15, 0.2) is 24.3 Å². The molecule has 0 radical (unpaired) electrons. The van der Waals surface area contributed by atoms with Gasteiger partial charge in [0.15, 0.2) is 11.5 Å². The maximum Gasteiger partial charge on any atom is 0.161 e. The molecule has 1 aliphatic heterocycles. The zero-order valence-corrected chi connectivity index (χ0v) is 11.6. The van der Waals surface area contributed by atoms with Crippen LogP contribution in [-0.2, 0) is 0 Å². The summed E-state index contributed by atoms with van der Waals surface area (Å²) in [6.07, 6.45) is 2.38. The molecule has 1 unspecified atom stereocenters. The first-order valence-electron chi connectivity index (χ1n) is 7.01. The quantitative estimate of drug-likeness (QED) is 0.820. The largest absolute Gasteiger partial charge is 0.493 e. The third-order valence-electron chi connectivity index (χ3n) is 3.88. The summed E-state index contributed by atoms with van der Waals surface area (Å²) in [4.78, 5) is 0. The van der Waals surface area contributed by atoms with Gasteiger partial charge < -0.3 is 20.5 Å². The molecular weight excluding hydrogens is 240 g/mol. The van der Waals surface area contributed by atoms with Gasteiger partial charge in [-0.3, -0.25) is 0 Å². The van der Waals surface area contributed by atoms with Gasteiger partial charge in [-0.05, 0) is 50.5 Å². The lowest BCUT2D eigenvalue weighted by Gasteiger charge is -2.29. The molecule has 106 valence electrons. The molecule has 0 aromatic heterocycles. The fourth-order valence-electron chi connectivity index (χ4n) is 2.65. The predicted molar refractivity (Wildman–Crippen MR) is 76.6 cm³/mol. The van der Waals surface area contributed by atoms with E-state index in [1.54, 1.807) is 7.11 Å². The molecular formula is C15H24N2O2. The monoisotopic (exact) mass is 264 g/mol. The molecule has 0 spiro atoms. The van der Waals surface area contributed by atoms with Gasteiger partial charge in [0, 0.05) is 5.92 Å². The lowest BCUT2D eigenvalue weighted by molar-refractivity contribution is 0.168. The first-order chi connectivity index (χ1) is 9.35. The molecule has 4 heteroatoms. The summed E-state index contributed by atoms with van der Waals surface area (Å²) >= 11 is 0. The van der Waals surface area contributed by atoms with Crippen LogP contribution in [0.3, 0.4) is 0 Å². The van der Waals surface area contributed by atoms with E-state index in [-0.39, 0.29) is 0 Å². The van der Waals surface area contributed by atoms with Crippen LogP contribution in [0, 0.1) is 11.8 Å². The van der Waals surface area contributed by atoms with Crippen molar-refractivity contribution in [2.45, 2.75) is 12.8 Å². The van der Waals surface area contributed by atoms with Gasteiger partial charge in [-0.15, -0.1) is 0 Å². The second kappa shape index (κ2) is 7.36. The molecule has 1 aromatic carbocycles. The van der Waals surface area contributed by atoms with Crippen LogP contribution in [0.2, 0.25) is 0 Å². The van der Waals surface area contributed by atoms with Gasteiger partial charge in [0.1, 0.15) is 0 Å². The smallest absolute Gasteiger partial charge is 0.161 e. The Morgan fingerprint density at radius 3 is 2.58 bits per heavy atom. The molecule has 0 saturated carbocycles. The first kappa shape index (κ1) is 14.2. The summed E-state index contributed by atoms with van der Waals surface area (Å²) in [5.41, 5.74) is 5.91. The average Bonchev–Trinajstić information content (AvgIpc) is 2.49. The van der Waals surface area contributed by atoms with E-state index in [1.807, 2.05) is 24.3 Å². The molecule has 1 saturated heterocycles. The third-order valence-corrected chi connectivity index (χ3v) is 3.88. The number of methoxy groups -OCH3 is 1. The van der Waals surface area contributed by atoms with Crippen LogP contribution >= 0.6 is 0 Å². The van der Waals surface area contributed by atoms with Crippen molar-refractivity contribution in [3.8, 4) is 11.5 Å². The minimum Gasteiger partial charge on any atom is -0.493 e. The number of benzene rings is 1. The Morgan fingerprint density at radius 2 is 1.95 bits per heavy atom. The van der Waals surface area contributed by atoms with E-state index in [2.05, 4.69) is 5.32 Å². The number of para-hydroxylation sites is 2. The number of nitrogens with one attached hydrogen (secondary N) is 1. The van der Waals surface area contributed by atoms with Crippen molar-refractivity contribution in [1.82, 2.24) is 5.32 Å². The van der Waals surface area contributed by atoms with Gasteiger partial charge in [0.25, 0.3) is 0 Å². The molecule has 1 heterocycles. The van der Waals surface area contributed by atoms with Crippen molar-refractivity contribution < 1.29 is 9.47 Å². The number of rotatable bonds is 6. The van der Waals surface area contributed by atoms with E-state index in [0.717, 1.165) is 24.6 Å². The molecule has 1 atom stereocenters. The summed E-state index contributed by atoms with van der Waals surface area (Å²) in [7, 11) is 1.66. The van der Waals surface area contributed by atoms with Crippen LogP contribution in [0.25, 0.3) is 0 Å². The van der Waals surface area contributed by atoms with Gasteiger partial charge in [0.2, 0.25) is 0 Å². The van der Waals surface area contributed by atoms with Crippen LogP contribution in [-0.4, -0.2) is 33.4 Å². The van der Waals surface area contributed by atoms with E-state index in [0.29, 0.717) is 25.0 Å². The summed E-state index contributed by atoms with van der Waals surface area (Å²) < 4.78 is 11.2. The summed E-state index contributed by atoms with van der Waals surface area (Å²) in [5.74, 6) is 2.67. The van der Waals surface area contributed by atoms with Gasteiger partial charge in [0.05, 0.1) is 13.7 Å². The Hall–Kier alpha value is -1.26. The molecule has 1 aliphatic rings. The first-order valence-corrected chi connectivity index (χ1v) is 7.01. The van der Waals surface area contributed by atoms with Gasteiger partial charge in [-0.25, -0.2) is 0 Å². The topological polar surface area (TPSA) is 56.5 Å². The van der Waals surface area contributed by atoms with E-state index in [4.69, 9.17) is 15.2 Å². The van der Waals surface area contributed by atoms with E-state index >= 15 is 0 Å². The molecule has 0 aliphatic carbocycles. The normalized spacial score (nSPS) is 18.0. The molecule has 2 rings (SSSR count). The third kappa shape index (κ3) is 3.85. The highest BCUT2D eigenvalue weighted by molar-refractivity contribution is 5.39. The minimum atomic E-state index is 0.423. The zero-order chi connectivity index (χ0) is 13.5. The van der Waals surface area contributed by atoms with Crippen LogP contribution in [0.1, 0.15) is 12.8 Å². The van der Waals surface area contributed by atoms with E-state index in [9.17, 15) is 0 Å². The number of hydrogen-bond acceptors (Lipinski definition) is 4. The molecule has 3 N–H and O–H groups in total. The fraction of sp³-hybridized carbons (Fsp3) is 0.600. The Bertz CT molecular complexity index is 378. The Morgan fingerprint density at radius 1 is 1.26 bits per heavy atom. The van der Waals surface area contributed by atoms with Gasteiger partial charge in [-0.2, -0.15) is 0 Å². The summed E-state index contributed by atoms with van der Waals surface area (Å²) in [5, 5.41) is 3.38. The number of hydrogen-bond donors (Lipinski definition) is 2. The number of piperidine rings is 1. The highest BCUT2D eigenvalue weighted by Gasteiger charge is 2.23. The zero-order valence-electron chi connectivity index (χ0n) is 11.6. The predicted octanol–water partition coefficient (Wildman–Crippen LogP) is 1.65. The summed E-state index contributed by atoms with van der Waals surface area (Å²) in [6.45, 7) is 3.53. The highest BCUT2D eigenvalue weighted by atomic mass is 16.5. The Labute approximate surface area is 115 Å². The van der Waals surface area contributed by atoms with Crippen molar-refractivity contribution in [3.05, 3.63) is 24.3 Å². The maximum absolute atomic E-state index is 5.91. The van der Waals surface area contributed by atoms with Crippen molar-refractivity contribution in [2.75, 3.05) is 33.4 Å². The molecule has 0 bridgehead atoms. The van der Waals surface area contributed by atoms with E-state index in [1.165, 1.54) is 12.8 Å². The molecule has 0 amide bonds. The molecule has 19 heavy (non-hydrogen) atoms. The lowest BCUT2D eigenvalue weighted by atomic mass is 9.85.